The second-order valence-corrected chi connectivity index (χ2v) is 5.08. The van der Waals surface area contributed by atoms with E-state index in [4.69, 9.17) is 5.73 Å². The highest BCUT2D eigenvalue weighted by atomic mass is 32.1. The minimum Gasteiger partial charge on any atom is -0.384 e. The molecular weight excluding hydrogens is 232 g/mol. The molecule has 2 N–H and O–H groups in total. The maximum atomic E-state index is 5.66. The van der Waals surface area contributed by atoms with Gasteiger partial charge in [-0.2, -0.15) is 0 Å². The molecule has 2 aromatic rings. The summed E-state index contributed by atoms with van der Waals surface area (Å²) in [4.78, 5) is 11.6. The number of hydrogen-bond acceptors (Lipinski definition) is 5. The van der Waals surface area contributed by atoms with E-state index < -0.39 is 0 Å². The maximum absolute atomic E-state index is 5.66. The number of nitrogen functional groups attached to an aromatic ring is 1. The van der Waals surface area contributed by atoms with Gasteiger partial charge in [-0.3, -0.25) is 0 Å². The van der Waals surface area contributed by atoms with E-state index in [1.165, 1.54) is 11.2 Å². The van der Waals surface area contributed by atoms with Crippen molar-refractivity contribution in [2.45, 2.75) is 19.4 Å². The van der Waals surface area contributed by atoms with Crippen LogP contribution in [0.2, 0.25) is 0 Å². The molecule has 0 spiro atoms. The molecule has 2 heterocycles. The molecule has 0 aliphatic carbocycles. The fraction of sp³-hybridized carbons (Fsp3) is 0.333. The van der Waals surface area contributed by atoms with Crippen LogP contribution in [-0.4, -0.2) is 23.1 Å². The van der Waals surface area contributed by atoms with E-state index in [9.17, 15) is 0 Å². The van der Waals surface area contributed by atoms with E-state index in [0.29, 0.717) is 11.9 Å². The van der Waals surface area contributed by atoms with Crippen LogP contribution in [-0.2, 0) is 6.42 Å². The molecule has 1 unspecified atom stereocenters. The van der Waals surface area contributed by atoms with Gasteiger partial charge in [0, 0.05) is 30.5 Å². The number of rotatable bonds is 4. The molecule has 2 aromatic heterocycles. The molecule has 0 aliphatic rings. The lowest BCUT2D eigenvalue weighted by atomic mass is 10.2. The van der Waals surface area contributed by atoms with Crippen LogP contribution in [0.3, 0.4) is 0 Å². The number of thiophene rings is 1. The Morgan fingerprint density at radius 1 is 1.47 bits per heavy atom. The summed E-state index contributed by atoms with van der Waals surface area (Å²) in [5.41, 5.74) is 5.66. The summed E-state index contributed by atoms with van der Waals surface area (Å²) >= 11 is 1.78. The Morgan fingerprint density at radius 2 is 2.29 bits per heavy atom. The van der Waals surface area contributed by atoms with Gasteiger partial charge in [0.15, 0.2) is 0 Å². The third-order valence-electron chi connectivity index (χ3n) is 2.77. The van der Waals surface area contributed by atoms with Crippen molar-refractivity contribution in [3.63, 3.8) is 0 Å². The lowest BCUT2D eigenvalue weighted by Gasteiger charge is -2.25. The topological polar surface area (TPSA) is 55.0 Å². The first-order valence-electron chi connectivity index (χ1n) is 5.49. The Hall–Kier alpha value is -1.62. The molecule has 5 heteroatoms. The molecule has 90 valence electrons. The van der Waals surface area contributed by atoms with Crippen molar-refractivity contribution in [2.75, 3.05) is 17.7 Å². The number of nitrogens with two attached hydrogens (primary N) is 1. The summed E-state index contributed by atoms with van der Waals surface area (Å²) in [6, 6.07) is 6.41. The summed E-state index contributed by atoms with van der Waals surface area (Å²) in [6.07, 6.45) is 2.51. The minimum atomic E-state index is 0.378. The molecule has 1 atom stereocenters. The molecule has 0 amide bonds. The quantitative estimate of drug-likeness (QED) is 0.901. The SMILES string of the molecule is CC(Cc1cccs1)N(C)c1cc(N)ncn1. The van der Waals surface area contributed by atoms with E-state index in [1.54, 1.807) is 17.4 Å². The lowest BCUT2D eigenvalue weighted by Crippen LogP contribution is -2.31. The largest absolute Gasteiger partial charge is 0.384 e. The van der Waals surface area contributed by atoms with Gasteiger partial charge in [0.1, 0.15) is 18.0 Å². The van der Waals surface area contributed by atoms with Gasteiger partial charge >= 0.3 is 0 Å². The second kappa shape index (κ2) is 5.14. The first kappa shape index (κ1) is 11.9. The van der Waals surface area contributed by atoms with Crippen LogP contribution >= 0.6 is 11.3 Å². The van der Waals surface area contributed by atoms with Crippen LogP contribution in [0.1, 0.15) is 11.8 Å². The molecule has 0 aliphatic heterocycles. The van der Waals surface area contributed by atoms with E-state index in [-0.39, 0.29) is 0 Å². The van der Waals surface area contributed by atoms with Crippen molar-refractivity contribution in [3.05, 3.63) is 34.8 Å². The van der Waals surface area contributed by atoms with Crippen LogP contribution in [0, 0.1) is 0 Å². The molecule has 2 rings (SSSR count). The Kier molecular flexibility index (Phi) is 3.58. The highest BCUT2D eigenvalue weighted by molar-refractivity contribution is 7.09. The molecule has 0 saturated heterocycles. The number of likely N-dealkylation sites (N-methyl/N-ethyl adjacent to an activating group) is 1. The summed E-state index contributed by atoms with van der Waals surface area (Å²) in [5.74, 6) is 1.37. The van der Waals surface area contributed by atoms with E-state index in [1.807, 2.05) is 7.05 Å². The summed E-state index contributed by atoms with van der Waals surface area (Å²) in [5, 5.41) is 2.10. The zero-order valence-corrected chi connectivity index (χ0v) is 10.8. The van der Waals surface area contributed by atoms with Gasteiger partial charge in [-0.25, -0.2) is 9.97 Å². The minimum absolute atomic E-state index is 0.378. The Bertz CT molecular complexity index is 469. The zero-order chi connectivity index (χ0) is 12.3. The maximum Gasteiger partial charge on any atom is 0.134 e. The van der Waals surface area contributed by atoms with Crippen LogP contribution in [0.25, 0.3) is 0 Å². The monoisotopic (exact) mass is 248 g/mol. The summed E-state index contributed by atoms with van der Waals surface area (Å²) in [6.45, 7) is 2.18. The van der Waals surface area contributed by atoms with Crippen LogP contribution < -0.4 is 10.6 Å². The molecular formula is C12H16N4S. The highest BCUT2D eigenvalue weighted by Crippen LogP contribution is 2.18. The van der Waals surface area contributed by atoms with Gasteiger partial charge in [-0.05, 0) is 18.4 Å². The van der Waals surface area contributed by atoms with E-state index >= 15 is 0 Å². The van der Waals surface area contributed by atoms with Crippen molar-refractivity contribution >= 4 is 23.0 Å². The smallest absolute Gasteiger partial charge is 0.134 e. The molecule has 17 heavy (non-hydrogen) atoms. The normalized spacial score (nSPS) is 12.4. The second-order valence-electron chi connectivity index (χ2n) is 4.04. The van der Waals surface area contributed by atoms with Gasteiger partial charge in [0.2, 0.25) is 0 Å². The number of nitrogens with zero attached hydrogens (tertiary/aromatic N) is 3. The Balaban J connectivity index is 2.06. The first-order valence-corrected chi connectivity index (χ1v) is 6.37. The number of hydrogen-bond donors (Lipinski definition) is 1. The van der Waals surface area contributed by atoms with Gasteiger partial charge in [0.05, 0.1) is 0 Å². The molecule has 0 saturated carbocycles. The molecule has 0 radical (unpaired) electrons. The predicted octanol–water partition coefficient (Wildman–Crippen LogP) is 2.19. The summed E-state index contributed by atoms with van der Waals surface area (Å²) in [7, 11) is 2.03. The summed E-state index contributed by atoms with van der Waals surface area (Å²) < 4.78 is 0. The van der Waals surface area contributed by atoms with Crippen molar-refractivity contribution in [1.82, 2.24) is 9.97 Å². The van der Waals surface area contributed by atoms with Crippen LogP contribution in [0.5, 0.6) is 0 Å². The van der Waals surface area contributed by atoms with Crippen LogP contribution in [0.4, 0.5) is 11.6 Å². The lowest BCUT2D eigenvalue weighted by molar-refractivity contribution is 0.679. The average Bonchev–Trinajstić information content (AvgIpc) is 2.80. The first-order chi connectivity index (χ1) is 8.16. The van der Waals surface area contributed by atoms with Crippen molar-refractivity contribution in [1.29, 1.82) is 0 Å². The highest BCUT2D eigenvalue weighted by Gasteiger charge is 2.12. The van der Waals surface area contributed by atoms with Gasteiger partial charge < -0.3 is 10.6 Å². The Labute approximate surface area is 105 Å². The number of aromatic nitrogens is 2. The van der Waals surface area contributed by atoms with Gasteiger partial charge in [-0.15, -0.1) is 11.3 Å². The predicted molar refractivity (Wildman–Crippen MR) is 72.3 cm³/mol. The molecule has 0 bridgehead atoms. The molecule has 4 nitrogen and oxygen atoms in total. The van der Waals surface area contributed by atoms with E-state index in [2.05, 4.69) is 39.3 Å². The third kappa shape index (κ3) is 2.94. The van der Waals surface area contributed by atoms with E-state index in [0.717, 1.165) is 12.2 Å². The third-order valence-corrected chi connectivity index (χ3v) is 3.67. The fourth-order valence-electron chi connectivity index (χ4n) is 1.64. The standard InChI is InChI=1S/C12H16N4S/c1-9(6-10-4-3-5-17-10)16(2)12-7-11(13)14-8-15-12/h3-5,7-9H,6H2,1-2H3,(H2,13,14,15). The van der Waals surface area contributed by atoms with Crippen molar-refractivity contribution in [2.24, 2.45) is 0 Å². The zero-order valence-electron chi connectivity index (χ0n) is 10.00. The van der Waals surface area contributed by atoms with Crippen LogP contribution in [0.15, 0.2) is 29.9 Å². The molecule has 0 fully saturated rings. The average molecular weight is 248 g/mol. The number of anilines is 2. The fourth-order valence-corrected chi connectivity index (χ4v) is 2.46. The Morgan fingerprint density at radius 3 is 2.94 bits per heavy atom. The van der Waals surface area contributed by atoms with Gasteiger partial charge in [0.25, 0.3) is 0 Å². The molecule has 0 aromatic carbocycles. The van der Waals surface area contributed by atoms with Crippen molar-refractivity contribution in [3.8, 4) is 0 Å². The van der Waals surface area contributed by atoms with Gasteiger partial charge in [-0.1, -0.05) is 6.07 Å². The van der Waals surface area contributed by atoms with Crippen molar-refractivity contribution < 1.29 is 0 Å².